The number of piperidine rings is 3. The minimum absolute atomic E-state index is 0.0654. The van der Waals surface area contributed by atoms with E-state index in [9.17, 15) is 12.8 Å². The molecule has 0 aromatic heterocycles. The second-order valence-electron chi connectivity index (χ2n) is 8.70. The van der Waals surface area contributed by atoms with Gasteiger partial charge in [-0.1, -0.05) is 0 Å². The fourth-order valence-electron chi connectivity index (χ4n) is 5.88. The summed E-state index contributed by atoms with van der Waals surface area (Å²) in [5.41, 5.74) is 0.456. The number of nitriles is 1. The molecular weight excluding hydrogens is 389 g/mol. The Morgan fingerprint density at radius 3 is 2.52 bits per heavy atom. The van der Waals surface area contributed by atoms with Crippen LogP contribution >= 0.6 is 0 Å². The summed E-state index contributed by atoms with van der Waals surface area (Å²) in [6.45, 7) is 2.45. The van der Waals surface area contributed by atoms with E-state index in [1.165, 1.54) is 0 Å². The molecule has 0 N–H and O–H groups in total. The van der Waals surface area contributed by atoms with Gasteiger partial charge in [0.2, 0.25) is 10.0 Å². The molecule has 0 saturated carbocycles. The Balaban J connectivity index is 1.67. The molecule has 3 heterocycles. The molecule has 0 aliphatic carbocycles. The zero-order valence-corrected chi connectivity index (χ0v) is 17.7. The number of rotatable bonds is 6. The van der Waals surface area contributed by atoms with Crippen molar-refractivity contribution in [1.82, 2.24) is 9.21 Å². The van der Waals surface area contributed by atoms with Crippen LogP contribution in [-0.4, -0.2) is 56.0 Å². The summed E-state index contributed by atoms with van der Waals surface area (Å²) in [5.74, 6) is 0.704. The average Bonchev–Trinajstić information content (AvgIpc) is 2.75. The van der Waals surface area contributed by atoms with Crippen LogP contribution in [-0.2, 0) is 10.0 Å². The quantitative estimate of drug-likeness (QED) is 0.662. The van der Waals surface area contributed by atoms with Gasteiger partial charge in [-0.05, 0) is 94.1 Å². The first-order valence-electron chi connectivity index (χ1n) is 10.9. The largest absolute Gasteiger partial charge is 0.300 e. The fraction of sp³-hybridized carbons (Fsp3) is 0.682. The number of nitrogens with zero attached hydrogens (tertiary/aromatic N) is 3. The number of unbranched alkanes of at least 4 members (excludes halogenated alkanes) is 1. The molecule has 0 unspecified atom stereocenters. The molecule has 3 saturated heterocycles. The minimum atomic E-state index is -3.65. The van der Waals surface area contributed by atoms with Gasteiger partial charge in [0.25, 0.3) is 0 Å². The Bertz CT molecular complexity index is 850. The lowest BCUT2D eigenvalue weighted by Gasteiger charge is -2.57. The molecule has 5 nitrogen and oxygen atoms in total. The van der Waals surface area contributed by atoms with Crippen LogP contribution in [0, 0.1) is 23.2 Å². The molecule has 4 atom stereocenters. The van der Waals surface area contributed by atoms with E-state index >= 15 is 0 Å². The van der Waals surface area contributed by atoms with E-state index in [4.69, 9.17) is 5.26 Å². The maximum Gasteiger partial charge on any atom is 0.243 e. The molecule has 0 radical (unpaired) electrons. The number of hydrogen-bond acceptors (Lipinski definition) is 4. The summed E-state index contributed by atoms with van der Waals surface area (Å²) in [4.78, 5) is 2.85. The minimum Gasteiger partial charge on any atom is -0.300 e. The van der Waals surface area contributed by atoms with Crippen LogP contribution in [0.5, 0.6) is 0 Å². The van der Waals surface area contributed by atoms with Crippen molar-refractivity contribution in [2.24, 2.45) is 11.8 Å². The van der Waals surface area contributed by atoms with Gasteiger partial charge in [-0.3, -0.25) is 9.29 Å². The highest BCUT2D eigenvalue weighted by Crippen LogP contribution is 2.45. The van der Waals surface area contributed by atoms with E-state index in [2.05, 4.69) is 4.90 Å². The summed E-state index contributed by atoms with van der Waals surface area (Å²) < 4.78 is 41.8. The van der Waals surface area contributed by atoms with E-state index in [1.54, 1.807) is 28.6 Å². The summed E-state index contributed by atoms with van der Waals surface area (Å²) in [6.07, 6.45) is 6.30. The Labute approximate surface area is 173 Å². The first kappa shape index (κ1) is 20.8. The van der Waals surface area contributed by atoms with Gasteiger partial charge in [-0.25, -0.2) is 8.42 Å². The molecule has 0 spiro atoms. The van der Waals surface area contributed by atoms with Gasteiger partial charge in [-0.2, -0.15) is 9.57 Å². The fourth-order valence-corrected chi connectivity index (χ4v) is 7.63. The number of alkyl halides is 1. The molecule has 0 bridgehead atoms. The van der Waals surface area contributed by atoms with Crippen LogP contribution < -0.4 is 0 Å². The summed E-state index contributed by atoms with van der Waals surface area (Å²) in [5, 5.41) is 9.02. The third-order valence-corrected chi connectivity index (χ3v) is 9.00. The van der Waals surface area contributed by atoms with Gasteiger partial charge >= 0.3 is 0 Å². The van der Waals surface area contributed by atoms with E-state index < -0.39 is 10.0 Å². The van der Waals surface area contributed by atoms with Gasteiger partial charge in [0.1, 0.15) is 0 Å². The van der Waals surface area contributed by atoms with Crippen molar-refractivity contribution in [3.8, 4) is 6.07 Å². The molecule has 0 amide bonds. The van der Waals surface area contributed by atoms with Crippen molar-refractivity contribution in [2.45, 2.75) is 61.9 Å². The zero-order chi connectivity index (χ0) is 20.4. The molecule has 1 aromatic carbocycles. The van der Waals surface area contributed by atoms with Crippen molar-refractivity contribution in [3.05, 3.63) is 29.8 Å². The summed E-state index contributed by atoms with van der Waals surface area (Å²) >= 11 is 0. The van der Waals surface area contributed by atoms with Gasteiger partial charge in [0, 0.05) is 18.6 Å². The smallest absolute Gasteiger partial charge is 0.243 e. The van der Waals surface area contributed by atoms with Crippen molar-refractivity contribution in [2.75, 3.05) is 26.3 Å². The van der Waals surface area contributed by atoms with Crippen LogP contribution in [0.25, 0.3) is 0 Å². The average molecular weight is 420 g/mol. The van der Waals surface area contributed by atoms with E-state index in [1.807, 2.05) is 6.07 Å². The number of sulfonamides is 1. The first-order chi connectivity index (χ1) is 14.1. The second kappa shape index (κ2) is 8.71. The predicted octanol–water partition coefficient (Wildman–Crippen LogP) is 3.56. The van der Waals surface area contributed by atoms with E-state index in [0.717, 1.165) is 45.2 Å². The lowest BCUT2D eigenvalue weighted by molar-refractivity contribution is -0.0524. The van der Waals surface area contributed by atoms with Gasteiger partial charge in [0.05, 0.1) is 23.2 Å². The molecule has 29 heavy (non-hydrogen) atoms. The van der Waals surface area contributed by atoms with Gasteiger partial charge in [0.15, 0.2) is 0 Å². The molecular formula is C22H30FN3O2S. The molecule has 3 fully saturated rings. The molecule has 3 aliphatic heterocycles. The topological polar surface area (TPSA) is 64.4 Å². The zero-order valence-electron chi connectivity index (χ0n) is 16.8. The highest BCUT2D eigenvalue weighted by Gasteiger charge is 2.51. The Morgan fingerprint density at radius 2 is 1.83 bits per heavy atom. The van der Waals surface area contributed by atoms with Crippen molar-refractivity contribution in [1.29, 1.82) is 5.26 Å². The van der Waals surface area contributed by atoms with Crippen LogP contribution in [0.2, 0.25) is 0 Å². The standard InChI is InChI=1S/C22H30FN3O2S/c23-12-2-1-7-21-20-6-4-14-25-13-3-5-18(22(20)25)16-26(21)29(27,28)19-10-8-17(15-24)9-11-19/h8-11,18,20-22H,1-7,12-14,16H2/t18-,20+,21+,22-/m0/s1. The third kappa shape index (κ3) is 3.95. The van der Waals surface area contributed by atoms with Crippen molar-refractivity contribution < 1.29 is 12.8 Å². The Hall–Kier alpha value is -1.49. The third-order valence-electron chi connectivity index (χ3n) is 7.10. The Morgan fingerprint density at radius 1 is 1.10 bits per heavy atom. The van der Waals surface area contributed by atoms with Crippen LogP contribution in [0.3, 0.4) is 0 Å². The number of hydrogen-bond donors (Lipinski definition) is 0. The van der Waals surface area contributed by atoms with Gasteiger partial charge in [-0.15, -0.1) is 0 Å². The normalized spacial score (nSPS) is 30.5. The van der Waals surface area contributed by atoms with E-state index in [0.29, 0.717) is 42.8 Å². The van der Waals surface area contributed by atoms with Crippen molar-refractivity contribution in [3.63, 3.8) is 0 Å². The first-order valence-corrected chi connectivity index (χ1v) is 12.3. The van der Waals surface area contributed by atoms with Gasteiger partial charge < -0.3 is 0 Å². The summed E-state index contributed by atoms with van der Waals surface area (Å²) in [7, 11) is -3.65. The van der Waals surface area contributed by atoms with Crippen molar-refractivity contribution >= 4 is 10.0 Å². The number of halogens is 1. The Kier molecular flexibility index (Phi) is 6.24. The van der Waals surface area contributed by atoms with Crippen LogP contribution in [0.15, 0.2) is 29.2 Å². The molecule has 4 rings (SSSR count). The molecule has 3 aliphatic rings. The predicted molar refractivity (Wildman–Crippen MR) is 109 cm³/mol. The second-order valence-corrected chi connectivity index (χ2v) is 10.6. The van der Waals surface area contributed by atoms with Crippen LogP contribution in [0.4, 0.5) is 4.39 Å². The maximum atomic E-state index is 13.6. The maximum absolute atomic E-state index is 13.6. The molecule has 7 heteroatoms. The highest BCUT2D eigenvalue weighted by molar-refractivity contribution is 7.89. The number of benzene rings is 1. The molecule has 158 valence electrons. The highest BCUT2D eigenvalue weighted by atomic mass is 32.2. The van der Waals surface area contributed by atoms with Crippen LogP contribution in [0.1, 0.15) is 50.5 Å². The lowest BCUT2D eigenvalue weighted by Crippen LogP contribution is -2.65. The SMILES string of the molecule is N#Cc1ccc(S(=O)(=O)N2C[C@@H]3CCCN4CCC[C@@H]([C@H]34)[C@H]2CCCCF)cc1. The summed E-state index contributed by atoms with van der Waals surface area (Å²) in [6, 6.07) is 8.69. The van der Waals surface area contributed by atoms with E-state index in [-0.39, 0.29) is 17.6 Å². The monoisotopic (exact) mass is 419 g/mol. The molecule has 1 aromatic rings. The lowest BCUT2D eigenvalue weighted by atomic mass is 9.70.